The Bertz CT molecular complexity index is 1050. The molecule has 1 unspecified atom stereocenters. The van der Waals surface area contributed by atoms with E-state index < -0.39 is 17.7 Å². The molecule has 7 nitrogen and oxygen atoms in total. The Balaban J connectivity index is 2.18. The van der Waals surface area contributed by atoms with Gasteiger partial charge in [-0.2, -0.15) is 5.26 Å². The SMILES string of the molecule is CCOc1cc(C2C(C(=O)CC)=C(O)C(=O)N2c2ccc(C#N)cc2)ccc1OC. The summed E-state index contributed by atoms with van der Waals surface area (Å²) in [6.07, 6.45) is 0.138. The van der Waals surface area contributed by atoms with E-state index in [4.69, 9.17) is 14.7 Å². The average molecular weight is 406 g/mol. The zero-order chi connectivity index (χ0) is 21.8. The summed E-state index contributed by atoms with van der Waals surface area (Å²) in [5, 5.41) is 19.6. The number of rotatable bonds is 7. The van der Waals surface area contributed by atoms with Gasteiger partial charge in [0.2, 0.25) is 0 Å². The van der Waals surface area contributed by atoms with Crippen molar-refractivity contribution in [2.45, 2.75) is 26.3 Å². The van der Waals surface area contributed by atoms with E-state index in [2.05, 4.69) is 0 Å². The van der Waals surface area contributed by atoms with Crippen LogP contribution in [0.3, 0.4) is 0 Å². The molecule has 2 aromatic rings. The molecule has 0 radical (unpaired) electrons. The van der Waals surface area contributed by atoms with Gasteiger partial charge in [-0.25, -0.2) is 0 Å². The zero-order valence-electron chi connectivity index (χ0n) is 17.0. The van der Waals surface area contributed by atoms with Gasteiger partial charge in [0.05, 0.1) is 37.0 Å². The molecular weight excluding hydrogens is 384 g/mol. The number of hydrogen-bond acceptors (Lipinski definition) is 6. The minimum Gasteiger partial charge on any atom is -0.503 e. The zero-order valence-corrected chi connectivity index (χ0v) is 17.0. The fourth-order valence-corrected chi connectivity index (χ4v) is 3.49. The number of Topliss-reactive ketones (excluding diaryl/α,β-unsaturated/α-hetero) is 1. The summed E-state index contributed by atoms with van der Waals surface area (Å²) in [6.45, 7) is 3.92. The van der Waals surface area contributed by atoms with Gasteiger partial charge >= 0.3 is 0 Å². The molecule has 0 bridgehead atoms. The molecule has 1 atom stereocenters. The van der Waals surface area contributed by atoms with Crippen LogP contribution in [0.5, 0.6) is 11.5 Å². The van der Waals surface area contributed by atoms with Crippen LogP contribution in [-0.2, 0) is 9.59 Å². The van der Waals surface area contributed by atoms with Gasteiger partial charge in [0, 0.05) is 12.1 Å². The predicted molar refractivity (Wildman–Crippen MR) is 110 cm³/mol. The summed E-state index contributed by atoms with van der Waals surface area (Å²) in [7, 11) is 1.53. The molecule has 1 amide bonds. The van der Waals surface area contributed by atoms with Gasteiger partial charge in [0.1, 0.15) is 0 Å². The first-order valence-corrected chi connectivity index (χ1v) is 9.57. The first-order valence-electron chi connectivity index (χ1n) is 9.57. The number of ketones is 1. The number of methoxy groups -OCH3 is 1. The highest BCUT2D eigenvalue weighted by molar-refractivity contribution is 6.16. The van der Waals surface area contributed by atoms with Crippen molar-refractivity contribution in [3.63, 3.8) is 0 Å². The van der Waals surface area contributed by atoms with Gasteiger partial charge in [0.15, 0.2) is 23.0 Å². The second kappa shape index (κ2) is 8.70. The normalized spacial score (nSPS) is 15.9. The Morgan fingerprint density at radius 1 is 1.17 bits per heavy atom. The number of amides is 1. The van der Waals surface area contributed by atoms with E-state index in [0.717, 1.165) is 0 Å². The molecule has 7 heteroatoms. The van der Waals surface area contributed by atoms with Crippen LogP contribution in [0.25, 0.3) is 0 Å². The maximum atomic E-state index is 13.0. The minimum absolute atomic E-state index is 0.0412. The van der Waals surface area contributed by atoms with Crippen LogP contribution in [0.15, 0.2) is 53.8 Å². The summed E-state index contributed by atoms with van der Waals surface area (Å²) in [4.78, 5) is 27.0. The van der Waals surface area contributed by atoms with Crippen LogP contribution in [0.1, 0.15) is 37.4 Å². The van der Waals surface area contributed by atoms with Crippen LogP contribution < -0.4 is 14.4 Å². The van der Waals surface area contributed by atoms with Crippen molar-refractivity contribution < 1.29 is 24.2 Å². The molecule has 2 aromatic carbocycles. The van der Waals surface area contributed by atoms with Crippen LogP contribution in [0, 0.1) is 11.3 Å². The molecule has 154 valence electrons. The molecular formula is C23H22N2O5. The minimum atomic E-state index is -0.831. The maximum absolute atomic E-state index is 13.0. The molecule has 1 heterocycles. The van der Waals surface area contributed by atoms with E-state index in [1.165, 1.54) is 12.0 Å². The van der Waals surface area contributed by atoms with Gasteiger partial charge in [-0.05, 0) is 48.9 Å². The van der Waals surface area contributed by atoms with Crippen LogP contribution >= 0.6 is 0 Å². The van der Waals surface area contributed by atoms with Crippen LogP contribution in [0.4, 0.5) is 5.69 Å². The van der Waals surface area contributed by atoms with E-state index in [1.807, 2.05) is 13.0 Å². The van der Waals surface area contributed by atoms with Crippen LogP contribution in [0.2, 0.25) is 0 Å². The van der Waals surface area contributed by atoms with Crippen molar-refractivity contribution in [2.24, 2.45) is 0 Å². The summed E-state index contributed by atoms with van der Waals surface area (Å²) >= 11 is 0. The lowest BCUT2D eigenvalue weighted by atomic mass is 9.94. The molecule has 1 aliphatic rings. The molecule has 0 saturated heterocycles. The van der Waals surface area contributed by atoms with Crippen molar-refractivity contribution in [3.8, 4) is 17.6 Å². The van der Waals surface area contributed by atoms with Gasteiger partial charge in [-0.15, -0.1) is 0 Å². The van der Waals surface area contributed by atoms with E-state index in [1.54, 1.807) is 49.4 Å². The lowest BCUT2D eigenvalue weighted by molar-refractivity contribution is -0.118. The number of aliphatic hydroxyl groups excluding tert-OH is 1. The smallest absolute Gasteiger partial charge is 0.294 e. The van der Waals surface area contributed by atoms with Gasteiger partial charge in [0.25, 0.3) is 5.91 Å². The van der Waals surface area contributed by atoms with E-state index in [0.29, 0.717) is 34.9 Å². The number of ether oxygens (including phenoxy) is 2. The fraction of sp³-hybridized carbons (Fsp3) is 0.261. The number of benzene rings is 2. The summed E-state index contributed by atoms with van der Waals surface area (Å²) in [6, 6.07) is 12.7. The van der Waals surface area contributed by atoms with Crippen molar-refractivity contribution in [1.29, 1.82) is 5.26 Å². The number of nitriles is 1. The molecule has 0 saturated carbocycles. The maximum Gasteiger partial charge on any atom is 0.294 e. The Hall–Kier alpha value is -3.79. The Morgan fingerprint density at radius 3 is 2.43 bits per heavy atom. The van der Waals surface area contributed by atoms with Crippen molar-refractivity contribution in [2.75, 3.05) is 18.6 Å². The van der Waals surface area contributed by atoms with E-state index in [9.17, 15) is 14.7 Å². The van der Waals surface area contributed by atoms with Gasteiger partial charge in [-0.1, -0.05) is 13.0 Å². The number of carbonyl (C=O) groups excluding carboxylic acids is 2. The Kier molecular flexibility index (Phi) is 6.07. The van der Waals surface area contributed by atoms with Gasteiger partial charge in [-0.3, -0.25) is 14.5 Å². The first kappa shape index (κ1) is 20.9. The number of aliphatic hydroxyl groups is 1. The monoisotopic (exact) mass is 406 g/mol. The highest BCUT2D eigenvalue weighted by Crippen LogP contribution is 2.43. The third-order valence-electron chi connectivity index (χ3n) is 4.91. The number of hydrogen-bond donors (Lipinski definition) is 1. The van der Waals surface area contributed by atoms with Gasteiger partial charge < -0.3 is 14.6 Å². The lowest BCUT2D eigenvalue weighted by Gasteiger charge is -2.27. The summed E-state index contributed by atoms with van der Waals surface area (Å²) < 4.78 is 11.0. The third kappa shape index (κ3) is 3.60. The molecule has 1 N–H and O–H groups in total. The molecule has 0 fully saturated rings. The molecule has 0 spiro atoms. The second-order valence-corrected chi connectivity index (χ2v) is 6.62. The molecule has 0 aromatic heterocycles. The van der Waals surface area contributed by atoms with Crippen molar-refractivity contribution >= 4 is 17.4 Å². The summed E-state index contributed by atoms with van der Waals surface area (Å²) in [5.74, 6) is -0.568. The van der Waals surface area contributed by atoms with Crippen LogP contribution in [-0.4, -0.2) is 30.5 Å². The quantitative estimate of drug-likeness (QED) is 0.750. The summed E-state index contributed by atoms with van der Waals surface area (Å²) in [5.41, 5.74) is 1.53. The van der Waals surface area contributed by atoms with E-state index >= 15 is 0 Å². The molecule has 30 heavy (non-hydrogen) atoms. The van der Waals surface area contributed by atoms with E-state index in [-0.39, 0.29) is 17.8 Å². The number of carbonyl (C=O) groups is 2. The fourth-order valence-electron chi connectivity index (χ4n) is 3.49. The topological polar surface area (TPSA) is 99.9 Å². The molecule has 0 aliphatic carbocycles. The second-order valence-electron chi connectivity index (χ2n) is 6.62. The first-order chi connectivity index (χ1) is 14.5. The average Bonchev–Trinajstić information content (AvgIpc) is 3.04. The largest absolute Gasteiger partial charge is 0.503 e. The van der Waals surface area contributed by atoms with Crippen molar-refractivity contribution in [1.82, 2.24) is 0 Å². The Labute approximate surface area is 174 Å². The Morgan fingerprint density at radius 2 is 1.87 bits per heavy atom. The number of nitrogens with zero attached hydrogens (tertiary/aromatic N) is 2. The van der Waals surface area contributed by atoms with Crippen molar-refractivity contribution in [3.05, 3.63) is 64.9 Å². The molecule has 1 aliphatic heterocycles. The standard InChI is InChI=1S/C23H22N2O5/c1-4-17(26)20-21(15-8-11-18(29-3)19(12-15)30-5-2)25(23(28)22(20)27)16-9-6-14(13-24)7-10-16/h6-12,21,27H,4-5H2,1-3H3. The molecule has 3 rings (SSSR count). The number of anilines is 1. The third-order valence-corrected chi connectivity index (χ3v) is 4.91. The highest BCUT2D eigenvalue weighted by atomic mass is 16.5. The lowest BCUT2D eigenvalue weighted by Crippen LogP contribution is -2.31. The highest BCUT2D eigenvalue weighted by Gasteiger charge is 2.44. The predicted octanol–water partition coefficient (Wildman–Crippen LogP) is 3.84.